The van der Waals surface area contributed by atoms with E-state index < -0.39 is 11.9 Å². The van der Waals surface area contributed by atoms with Crippen molar-refractivity contribution in [2.45, 2.75) is 19.4 Å². The van der Waals surface area contributed by atoms with Crippen LogP contribution in [0, 0.1) is 5.92 Å². The number of carboxylic acids is 2. The molecule has 2 saturated heterocycles. The Balaban J connectivity index is 0.000000534. The number of morpholine rings is 1. The van der Waals surface area contributed by atoms with Crippen LogP contribution in [0.4, 0.5) is 0 Å². The third-order valence-electron chi connectivity index (χ3n) is 5.51. The number of carbonyl (C=O) groups is 3. The van der Waals surface area contributed by atoms with Gasteiger partial charge in [0, 0.05) is 38.6 Å². The minimum atomic E-state index is -1.82. The summed E-state index contributed by atoms with van der Waals surface area (Å²) in [6.45, 7) is 8.07. The standard InChI is InChI=1S/C20H31N3O3.C2H2O4/c1-25-19-4-2-3-17(15-19)16-23-8-5-18(6-9-23)20(24)21-7-10-22-11-13-26-14-12-22;3-1(4)2(5)6/h2-4,15,18H,5-14,16H2,1H3,(H,21,24);(H,3,4)(H,5,6). The molecular weight excluding hydrogens is 418 g/mol. The number of hydrogen-bond acceptors (Lipinski definition) is 7. The second kappa shape index (κ2) is 13.7. The maximum Gasteiger partial charge on any atom is 0.414 e. The highest BCUT2D eigenvalue weighted by molar-refractivity contribution is 6.27. The van der Waals surface area contributed by atoms with Gasteiger partial charge in [-0.25, -0.2) is 9.59 Å². The van der Waals surface area contributed by atoms with E-state index in [9.17, 15) is 4.79 Å². The number of rotatable bonds is 7. The number of hydrogen-bond donors (Lipinski definition) is 3. The van der Waals surface area contributed by atoms with Crippen molar-refractivity contribution in [3.05, 3.63) is 29.8 Å². The van der Waals surface area contributed by atoms with Gasteiger partial charge in [0.2, 0.25) is 5.91 Å². The molecule has 0 spiro atoms. The molecule has 10 nitrogen and oxygen atoms in total. The van der Waals surface area contributed by atoms with Crippen LogP contribution in [0.5, 0.6) is 5.75 Å². The van der Waals surface area contributed by atoms with Crippen LogP contribution in [0.25, 0.3) is 0 Å². The molecule has 0 unspecified atom stereocenters. The fourth-order valence-corrected chi connectivity index (χ4v) is 3.69. The summed E-state index contributed by atoms with van der Waals surface area (Å²) >= 11 is 0. The monoisotopic (exact) mass is 451 g/mol. The Bertz CT molecular complexity index is 733. The van der Waals surface area contributed by atoms with Crippen molar-refractivity contribution in [2.75, 3.05) is 59.6 Å². The summed E-state index contributed by atoms with van der Waals surface area (Å²) < 4.78 is 10.6. The van der Waals surface area contributed by atoms with Gasteiger partial charge in [0.15, 0.2) is 0 Å². The first-order valence-electron chi connectivity index (χ1n) is 10.8. The van der Waals surface area contributed by atoms with Crippen LogP contribution in [0.3, 0.4) is 0 Å². The molecule has 3 rings (SSSR count). The van der Waals surface area contributed by atoms with Gasteiger partial charge in [-0.1, -0.05) is 12.1 Å². The second-order valence-electron chi connectivity index (χ2n) is 7.76. The number of nitrogens with one attached hydrogen (secondary N) is 1. The summed E-state index contributed by atoms with van der Waals surface area (Å²) in [5, 5.41) is 17.9. The number of benzene rings is 1. The molecule has 2 fully saturated rings. The predicted molar refractivity (Wildman–Crippen MR) is 117 cm³/mol. The highest BCUT2D eigenvalue weighted by Gasteiger charge is 2.25. The van der Waals surface area contributed by atoms with Gasteiger partial charge in [0.25, 0.3) is 0 Å². The Morgan fingerprint density at radius 1 is 1.06 bits per heavy atom. The first kappa shape index (κ1) is 25.6. The fraction of sp³-hybridized carbons (Fsp3) is 0.591. The average Bonchev–Trinajstić information content (AvgIpc) is 2.80. The summed E-state index contributed by atoms with van der Waals surface area (Å²) in [5.41, 5.74) is 1.26. The molecule has 178 valence electrons. The van der Waals surface area contributed by atoms with E-state index >= 15 is 0 Å². The van der Waals surface area contributed by atoms with E-state index in [0.717, 1.165) is 77.6 Å². The molecule has 2 heterocycles. The molecule has 0 radical (unpaired) electrons. The van der Waals surface area contributed by atoms with Gasteiger partial charge in [-0.05, 0) is 43.6 Å². The number of carboxylic acid groups (broad SMARTS) is 2. The predicted octanol–water partition coefficient (Wildman–Crippen LogP) is 0.511. The first-order chi connectivity index (χ1) is 15.4. The summed E-state index contributed by atoms with van der Waals surface area (Å²) in [6, 6.07) is 8.22. The maximum atomic E-state index is 12.4. The van der Waals surface area contributed by atoms with E-state index in [-0.39, 0.29) is 11.8 Å². The zero-order valence-electron chi connectivity index (χ0n) is 18.5. The molecule has 1 aromatic rings. The van der Waals surface area contributed by atoms with Gasteiger partial charge in [-0.15, -0.1) is 0 Å². The molecule has 10 heteroatoms. The first-order valence-corrected chi connectivity index (χ1v) is 10.8. The molecule has 0 aliphatic carbocycles. The quantitative estimate of drug-likeness (QED) is 0.508. The maximum absolute atomic E-state index is 12.4. The molecule has 0 bridgehead atoms. The number of nitrogens with zero attached hydrogens (tertiary/aromatic N) is 2. The number of carbonyl (C=O) groups excluding carboxylic acids is 1. The Hall–Kier alpha value is -2.69. The normalized spacial score (nSPS) is 17.7. The number of amides is 1. The molecule has 0 aromatic heterocycles. The summed E-state index contributed by atoms with van der Waals surface area (Å²) in [7, 11) is 1.70. The van der Waals surface area contributed by atoms with Crippen LogP contribution in [0.2, 0.25) is 0 Å². The van der Waals surface area contributed by atoms with Gasteiger partial charge in [0.05, 0.1) is 20.3 Å². The highest BCUT2D eigenvalue weighted by Crippen LogP contribution is 2.20. The zero-order valence-corrected chi connectivity index (χ0v) is 18.5. The van der Waals surface area contributed by atoms with Gasteiger partial charge in [-0.2, -0.15) is 0 Å². The van der Waals surface area contributed by atoms with Crippen LogP contribution >= 0.6 is 0 Å². The molecule has 32 heavy (non-hydrogen) atoms. The number of ether oxygens (including phenoxy) is 2. The summed E-state index contributed by atoms with van der Waals surface area (Å²) in [5.74, 6) is -2.37. The van der Waals surface area contributed by atoms with E-state index in [2.05, 4.69) is 27.2 Å². The topological polar surface area (TPSA) is 129 Å². The zero-order chi connectivity index (χ0) is 23.3. The van der Waals surface area contributed by atoms with E-state index in [1.54, 1.807) is 7.11 Å². The van der Waals surface area contributed by atoms with Crippen LogP contribution in [-0.4, -0.2) is 97.5 Å². The van der Waals surface area contributed by atoms with Crippen molar-refractivity contribution < 1.29 is 34.1 Å². The van der Waals surface area contributed by atoms with E-state index in [0.29, 0.717) is 0 Å². The molecule has 0 atom stereocenters. The molecule has 1 aromatic carbocycles. The van der Waals surface area contributed by atoms with E-state index in [1.807, 2.05) is 12.1 Å². The van der Waals surface area contributed by atoms with Crippen molar-refractivity contribution in [1.29, 1.82) is 0 Å². The van der Waals surface area contributed by atoms with Crippen molar-refractivity contribution >= 4 is 17.8 Å². The highest BCUT2D eigenvalue weighted by atomic mass is 16.5. The third-order valence-corrected chi connectivity index (χ3v) is 5.51. The Morgan fingerprint density at radius 2 is 1.72 bits per heavy atom. The number of methoxy groups -OCH3 is 1. The van der Waals surface area contributed by atoms with Crippen molar-refractivity contribution in [3.63, 3.8) is 0 Å². The summed E-state index contributed by atoms with van der Waals surface area (Å²) in [4.78, 5) is 35.4. The number of likely N-dealkylation sites (tertiary alicyclic amines) is 1. The van der Waals surface area contributed by atoms with E-state index in [1.165, 1.54) is 5.56 Å². The van der Waals surface area contributed by atoms with Crippen LogP contribution in [-0.2, 0) is 25.7 Å². The van der Waals surface area contributed by atoms with Crippen molar-refractivity contribution in [2.24, 2.45) is 5.92 Å². The van der Waals surface area contributed by atoms with Crippen LogP contribution in [0.1, 0.15) is 18.4 Å². The molecule has 2 aliphatic rings. The van der Waals surface area contributed by atoms with Gasteiger partial charge < -0.3 is 25.0 Å². The average molecular weight is 452 g/mol. The number of aliphatic carboxylic acids is 2. The minimum absolute atomic E-state index is 0.154. The van der Waals surface area contributed by atoms with Gasteiger partial charge in [-0.3, -0.25) is 14.6 Å². The van der Waals surface area contributed by atoms with Gasteiger partial charge >= 0.3 is 11.9 Å². The van der Waals surface area contributed by atoms with Crippen LogP contribution < -0.4 is 10.1 Å². The Labute approximate surface area is 188 Å². The largest absolute Gasteiger partial charge is 0.497 e. The molecule has 2 aliphatic heterocycles. The fourth-order valence-electron chi connectivity index (χ4n) is 3.69. The summed E-state index contributed by atoms with van der Waals surface area (Å²) in [6.07, 6.45) is 1.88. The lowest BCUT2D eigenvalue weighted by Crippen LogP contribution is -2.44. The molecule has 3 N–H and O–H groups in total. The Kier molecular flexibility index (Phi) is 10.9. The van der Waals surface area contributed by atoms with Crippen molar-refractivity contribution in [1.82, 2.24) is 15.1 Å². The molecular formula is C22H33N3O7. The minimum Gasteiger partial charge on any atom is -0.497 e. The lowest BCUT2D eigenvalue weighted by atomic mass is 9.95. The van der Waals surface area contributed by atoms with Gasteiger partial charge in [0.1, 0.15) is 5.75 Å². The lowest BCUT2D eigenvalue weighted by Gasteiger charge is -2.31. The van der Waals surface area contributed by atoms with Crippen LogP contribution in [0.15, 0.2) is 24.3 Å². The third kappa shape index (κ3) is 9.21. The van der Waals surface area contributed by atoms with Crippen molar-refractivity contribution in [3.8, 4) is 5.75 Å². The Morgan fingerprint density at radius 3 is 2.31 bits per heavy atom. The lowest BCUT2D eigenvalue weighted by molar-refractivity contribution is -0.159. The second-order valence-corrected chi connectivity index (χ2v) is 7.76. The van der Waals surface area contributed by atoms with E-state index in [4.69, 9.17) is 29.3 Å². The smallest absolute Gasteiger partial charge is 0.414 e. The number of piperidine rings is 1. The molecule has 0 saturated carbocycles. The SMILES string of the molecule is COc1cccc(CN2CCC(C(=O)NCCN3CCOCC3)CC2)c1.O=C(O)C(=O)O. The molecule has 1 amide bonds.